The molecule has 0 saturated carbocycles. The SMILES string of the molecule is Cn1c(NNC(=O)OCc2ccccc2)cc(=O)n(C)c1=O. The summed E-state index contributed by atoms with van der Waals surface area (Å²) >= 11 is 0. The van der Waals surface area contributed by atoms with Gasteiger partial charge in [0.05, 0.1) is 0 Å². The first-order chi connectivity index (χ1) is 10.5. The second kappa shape index (κ2) is 6.61. The lowest BCUT2D eigenvalue weighted by Crippen LogP contribution is -2.40. The van der Waals surface area contributed by atoms with E-state index in [0.29, 0.717) is 0 Å². The summed E-state index contributed by atoms with van der Waals surface area (Å²) in [4.78, 5) is 34.8. The number of anilines is 1. The standard InChI is InChI=1S/C14H16N4O4/c1-17-11(8-12(19)18(2)14(17)21)15-16-13(20)22-9-10-6-4-3-5-7-10/h3-8,15H,9H2,1-2H3,(H,16,20). The van der Waals surface area contributed by atoms with Gasteiger partial charge in [-0.2, -0.15) is 0 Å². The van der Waals surface area contributed by atoms with Crippen molar-refractivity contribution in [2.45, 2.75) is 6.61 Å². The minimum Gasteiger partial charge on any atom is -0.443 e. The van der Waals surface area contributed by atoms with E-state index in [2.05, 4.69) is 10.9 Å². The van der Waals surface area contributed by atoms with E-state index in [0.717, 1.165) is 10.1 Å². The number of carbonyl (C=O) groups excluding carboxylic acids is 1. The van der Waals surface area contributed by atoms with Crippen molar-refractivity contribution in [1.29, 1.82) is 0 Å². The zero-order valence-corrected chi connectivity index (χ0v) is 12.2. The van der Waals surface area contributed by atoms with Gasteiger partial charge in [0.1, 0.15) is 12.4 Å². The summed E-state index contributed by atoms with van der Waals surface area (Å²) in [6, 6.07) is 10.4. The molecule has 116 valence electrons. The fourth-order valence-corrected chi connectivity index (χ4v) is 1.73. The summed E-state index contributed by atoms with van der Waals surface area (Å²) in [7, 11) is 2.84. The van der Waals surface area contributed by atoms with Crippen molar-refractivity contribution in [3.8, 4) is 0 Å². The Bertz CT molecular complexity index is 780. The molecule has 0 fully saturated rings. The molecule has 0 atom stereocenters. The summed E-state index contributed by atoms with van der Waals surface area (Å²) in [6.07, 6.45) is -0.725. The number of carbonyl (C=O) groups is 1. The maximum Gasteiger partial charge on any atom is 0.426 e. The van der Waals surface area contributed by atoms with Crippen LogP contribution >= 0.6 is 0 Å². The molecule has 2 aromatic rings. The molecule has 8 nitrogen and oxygen atoms in total. The van der Waals surface area contributed by atoms with Crippen LogP contribution in [-0.2, 0) is 25.4 Å². The third-order valence-electron chi connectivity index (χ3n) is 3.03. The van der Waals surface area contributed by atoms with E-state index < -0.39 is 17.3 Å². The van der Waals surface area contributed by atoms with Gasteiger partial charge < -0.3 is 4.74 Å². The lowest BCUT2D eigenvalue weighted by atomic mass is 10.2. The molecule has 0 aliphatic rings. The molecule has 22 heavy (non-hydrogen) atoms. The Kier molecular flexibility index (Phi) is 4.62. The van der Waals surface area contributed by atoms with Gasteiger partial charge in [0.25, 0.3) is 5.56 Å². The Morgan fingerprint density at radius 1 is 1.14 bits per heavy atom. The molecule has 0 bridgehead atoms. The van der Waals surface area contributed by atoms with Crippen molar-refractivity contribution >= 4 is 11.9 Å². The summed E-state index contributed by atoms with van der Waals surface area (Å²) in [5.74, 6) is 0.157. The van der Waals surface area contributed by atoms with Gasteiger partial charge in [-0.3, -0.25) is 19.4 Å². The number of aromatic nitrogens is 2. The van der Waals surface area contributed by atoms with Crippen molar-refractivity contribution < 1.29 is 9.53 Å². The third-order valence-corrected chi connectivity index (χ3v) is 3.03. The van der Waals surface area contributed by atoms with E-state index in [-0.39, 0.29) is 12.4 Å². The third kappa shape index (κ3) is 3.54. The predicted molar refractivity (Wildman–Crippen MR) is 80.3 cm³/mol. The van der Waals surface area contributed by atoms with E-state index in [1.807, 2.05) is 30.3 Å². The summed E-state index contributed by atoms with van der Waals surface area (Å²) in [5.41, 5.74) is 4.61. The first-order valence-corrected chi connectivity index (χ1v) is 6.49. The fourth-order valence-electron chi connectivity index (χ4n) is 1.73. The van der Waals surface area contributed by atoms with Crippen LogP contribution in [0, 0.1) is 0 Å². The van der Waals surface area contributed by atoms with Crippen molar-refractivity contribution in [2.75, 3.05) is 5.43 Å². The number of hydrogen-bond donors (Lipinski definition) is 2. The van der Waals surface area contributed by atoms with E-state index >= 15 is 0 Å². The average molecular weight is 304 g/mol. The molecule has 0 unspecified atom stereocenters. The Morgan fingerprint density at radius 3 is 2.50 bits per heavy atom. The maximum atomic E-state index is 11.7. The summed E-state index contributed by atoms with van der Waals surface area (Å²) < 4.78 is 7.14. The number of hydrogen-bond acceptors (Lipinski definition) is 5. The van der Waals surface area contributed by atoms with Gasteiger partial charge >= 0.3 is 11.8 Å². The number of nitrogens with zero attached hydrogens (tertiary/aromatic N) is 2. The van der Waals surface area contributed by atoms with E-state index in [1.54, 1.807) is 0 Å². The number of ether oxygens (including phenoxy) is 1. The molecular formula is C14H16N4O4. The van der Waals surface area contributed by atoms with E-state index in [9.17, 15) is 14.4 Å². The van der Waals surface area contributed by atoms with Crippen LogP contribution in [0.4, 0.5) is 10.6 Å². The van der Waals surface area contributed by atoms with Crippen LogP contribution in [0.1, 0.15) is 5.56 Å². The van der Waals surface area contributed by atoms with Gasteiger partial charge in [0, 0.05) is 20.2 Å². The zero-order valence-electron chi connectivity index (χ0n) is 12.2. The van der Waals surface area contributed by atoms with Gasteiger partial charge in [0.2, 0.25) is 0 Å². The van der Waals surface area contributed by atoms with E-state index in [4.69, 9.17) is 4.74 Å². The van der Waals surface area contributed by atoms with Crippen LogP contribution in [-0.4, -0.2) is 15.2 Å². The monoisotopic (exact) mass is 304 g/mol. The molecule has 0 spiro atoms. The predicted octanol–water partition coefficient (Wildman–Crippen LogP) is 0.337. The largest absolute Gasteiger partial charge is 0.443 e. The highest BCUT2D eigenvalue weighted by Crippen LogP contribution is 2.01. The zero-order chi connectivity index (χ0) is 16.1. The van der Waals surface area contributed by atoms with Crippen LogP contribution in [0.15, 0.2) is 46.0 Å². The van der Waals surface area contributed by atoms with Gasteiger partial charge in [-0.05, 0) is 5.56 Å². The maximum absolute atomic E-state index is 11.7. The second-order valence-corrected chi connectivity index (χ2v) is 4.58. The molecule has 1 aromatic carbocycles. The number of amides is 1. The average Bonchev–Trinajstić information content (AvgIpc) is 2.54. The van der Waals surface area contributed by atoms with Crippen LogP contribution < -0.4 is 22.1 Å². The van der Waals surface area contributed by atoms with Crippen molar-refractivity contribution in [3.63, 3.8) is 0 Å². The van der Waals surface area contributed by atoms with Crippen molar-refractivity contribution in [1.82, 2.24) is 14.6 Å². The van der Waals surface area contributed by atoms with Gasteiger partial charge in [0.15, 0.2) is 0 Å². The smallest absolute Gasteiger partial charge is 0.426 e. The van der Waals surface area contributed by atoms with Crippen LogP contribution in [0.25, 0.3) is 0 Å². The fraction of sp³-hybridized carbons (Fsp3) is 0.214. The number of rotatable bonds is 4. The quantitative estimate of drug-likeness (QED) is 0.794. The highest BCUT2D eigenvalue weighted by molar-refractivity contribution is 5.68. The molecule has 1 heterocycles. The van der Waals surface area contributed by atoms with Crippen molar-refractivity contribution in [3.05, 3.63) is 62.8 Å². The highest BCUT2D eigenvalue weighted by Gasteiger charge is 2.07. The minimum atomic E-state index is -0.725. The number of nitrogens with one attached hydrogen (secondary N) is 2. The lowest BCUT2D eigenvalue weighted by molar-refractivity contribution is 0.141. The first kappa shape index (κ1) is 15.4. The Labute approximate surface area is 125 Å². The molecule has 0 aliphatic carbocycles. The van der Waals surface area contributed by atoms with Crippen LogP contribution in [0.3, 0.4) is 0 Å². The van der Waals surface area contributed by atoms with Crippen LogP contribution in [0.2, 0.25) is 0 Å². The number of hydrazine groups is 1. The Morgan fingerprint density at radius 2 is 1.82 bits per heavy atom. The van der Waals surface area contributed by atoms with E-state index in [1.165, 1.54) is 24.7 Å². The topological polar surface area (TPSA) is 94.4 Å². The summed E-state index contributed by atoms with van der Waals surface area (Å²) in [5, 5.41) is 0. The molecule has 2 N–H and O–H groups in total. The van der Waals surface area contributed by atoms with Crippen LogP contribution in [0.5, 0.6) is 0 Å². The normalized spacial score (nSPS) is 10.1. The molecule has 8 heteroatoms. The lowest BCUT2D eigenvalue weighted by Gasteiger charge is -2.12. The minimum absolute atomic E-state index is 0.115. The molecule has 1 aromatic heterocycles. The molecule has 0 radical (unpaired) electrons. The molecular weight excluding hydrogens is 288 g/mol. The summed E-state index contributed by atoms with van der Waals surface area (Å²) in [6.45, 7) is 0.115. The Hall–Kier alpha value is -3.03. The highest BCUT2D eigenvalue weighted by atomic mass is 16.6. The van der Waals surface area contributed by atoms with Gasteiger partial charge in [-0.25, -0.2) is 15.0 Å². The molecule has 0 aliphatic heterocycles. The van der Waals surface area contributed by atoms with Gasteiger partial charge in [-0.1, -0.05) is 30.3 Å². The Balaban J connectivity index is 1.94. The first-order valence-electron chi connectivity index (χ1n) is 6.49. The second-order valence-electron chi connectivity index (χ2n) is 4.58. The molecule has 0 saturated heterocycles. The van der Waals surface area contributed by atoms with Crippen molar-refractivity contribution in [2.24, 2.45) is 14.1 Å². The molecule has 1 amide bonds. The van der Waals surface area contributed by atoms with Gasteiger partial charge in [-0.15, -0.1) is 0 Å². The molecule has 2 rings (SSSR count). The number of benzene rings is 1.